The first kappa shape index (κ1) is 12.0. The molecule has 2 rings (SSSR count). The summed E-state index contributed by atoms with van der Waals surface area (Å²) in [6, 6.07) is 3.87. The first-order valence-corrected chi connectivity index (χ1v) is 5.30. The first-order valence-electron chi connectivity index (χ1n) is 5.30. The van der Waals surface area contributed by atoms with E-state index in [9.17, 15) is 13.2 Å². The van der Waals surface area contributed by atoms with Crippen LogP contribution < -0.4 is 4.90 Å². The molecule has 0 amide bonds. The van der Waals surface area contributed by atoms with Crippen molar-refractivity contribution in [2.24, 2.45) is 0 Å². The van der Waals surface area contributed by atoms with Crippen molar-refractivity contribution in [2.75, 3.05) is 11.9 Å². The molecule has 4 heteroatoms. The second kappa shape index (κ2) is 3.28. The third-order valence-electron chi connectivity index (χ3n) is 3.49. The summed E-state index contributed by atoms with van der Waals surface area (Å²) in [7, 11) is 1.75. The molecule has 0 fully saturated rings. The molecule has 1 aliphatic heterocycles. The zero-order valence-corrected chi connectivity index (χ0v) is 10.0. The lowest BCUT2D eigenvalue weighted by Crippen LogP contribution is -2.21. The topological polar surface area (TPSA) is 3.24 Å². The molecule has 0 atom stereocenters. The number of anilines is 1. The fourth-order valence-electron chi connectivity index (χ4n) is 2.23. The van der Waals surface area contributed by atoms with Gasteiger partial charge in [-0.1, -0.05) is 26.5 Å². The monoisotopic (exact) mass is 241 g/mol. The Morgan fingerprint density at radius 3 is 2.35 bits per heavy atom. The number of rotatable bonds is 0. The zero-order chi connectivity index (χ0) is 13.0. The van der Waals surface area contributed by atoms with Gasteiger partial charge in [0.1, 0.15) is 0 Å². The van der Waals surface area contributed by atoms with Crippen LogP contribution in [0.4, 0.5) is 18.9 Å². The predicted octanol–water partition coefficient (Wildman–Crippen LogP) is 3.95. The molecule has 1 aromatic rings. The van der Waals surface area contributed by atoms with Crippen LogP contribution in [0.25, 0.3) is 0 Å². The molecule has 0 saturated carbocycles. The summed E-state index contributed by atoms with van der Waals surface area (Å²) >= 11 is 0. The highest BCUT2D eigenvalue weighted by molar-refractivity contribution is 5.70. The second-order valence-electron chi connectivity index (χ2n) is 4.86. The molecule has 92 valence electrons. The summed E-state index contributed by atoms with van der Waals surface area (Å²) in [4.78, 5) is 1.73. The van der Waals surface area contributed by atoms with Gasteiger partial charge in [0, 0.05) is 23.8 Å². The average molecular weight is 241 g/mol. The minimum absolute atomic E-state index is 0.311. The van der Waals surface area contributed by atoms with Gasteiger partial charge in [0.25, 0.3) is 0 Å². The van der Waals surface area contributed by atoms with Crippen LogP contribution >= 0.6 is 0 Å². The van der Waals surface area contributed by atoms with Gasteiger partial charge in [-0.05, 0) is 17.7 Å². The molecule has 0 saturated heterocycles. The van der Waals surface area contributed by atoms with Crippen molar-refractivity contribution in [3.63, 3.8) is 0 Å². The third-order valence-corrected chi connectivity index (χ3v) is 3.49. The highest BCUT2D eigenvalue weighted by Crippen LogP contribution is 2.47. The summed E-state index contributed by atoms with van der Waals surface area (Å²) in [5, 5.41) is 0. The number of benzene rings is 1. The van der Waals surface area contributed by atoms with E-state index in [1.807, 2.05) is 13.8 Å². The van der Waals surface area contributed by atoms with E-state index in [0.717, 1.165) is 17.3 Å². The van der Waals surface area contributed by atoms with Gasteiger partial charge < -0.3 is 4.90 Å². The third kappa shape index (κ3) is 1.63. The van der Waals surface area contributed by atoms with Gasteiger partial charge in [-0.3, -0.25) is 0 Å². The Bertz CT molecular complexity index is 486. The minimum Gasteiger partial charge on any atom is -0.348 e. The van der Waals surface area contributed by atoms with Crippen molar-refractivity contribution < 1.29 is 13.2 Å². The van der Waals surface area contributed by atoms with Gasteiger partial charge in [0.15, 0.2) is 0 Å². The minimum atomic E-state index is -4.30. The zero-order valence-electron chi connectivity index (χ0n) is 10.0. The summed E-state index contributed by atoms with van der Waals surface area (Å²) in [6.07, 6.45) is -4.30. The Morgan fingerprint density at radius 1 is 1.24 bits per heavy atom. The molecule has 17 heavy (non-hydrogen) atoms. The molecule has 1 aliphatic rings. The van der Waals surface area contributed by atoms with Crippen LogP contribution in [0.5, 0.6) is 0 Å². The van der Waals surface area contributed by atoms with Crippen LogP contribution in [-0.2, 0) is 11.6 Å². The van der Waals surface area contributed by atoms with Gasteiger partial charge in [-0.2, -0.15) is 13.2 Å². The standard InChI is InChI=1S/C13H14F3N/c1-8-12(2,3)10-6-5-9(13(14,15)16)7-11(10)17(8)4/h5-7H,1H2,2-4H3. The van der Waals surface area contributed by atoms with Crippen LogP contribution in [0.15, 0.2) is 30.5 Å². The summed E-state index contributed by atoms with van der Waals surface area (Å²) in [5.41, 5.74) is 1.36. The summed E-state index contributed by atoms with van der Waals surface area (Å²) in [6.45, 7) is 7.87. The van der Waals surface area contributed by atoms with Crippen LogP contribution in [0.1, 0.15) is 25.0 Å². The Morgan fingerprint density at radius 2 is 1.82 bits per heavy atom. The Kier molecular flexibility index (Phi) is 2.32. The first-order chi connectivity index (χ1) is 7.65. The number of allylic oxidation sites excluding steroid dienone is 1. The van der Waals surface area contributed by atoms with Crippen LogP contribution in [0.2, 0.25) is 0 Å². The van der Waals surface area contributed by atoms with E-state index in [1.54, 1.807) is 18.0 Å². The van der Waals surface area contributed by atoms with Gasteiger partial charge >= 0.3 is 6.18 Å². The normalized spacial score (nSPS) is 18.5. The van der Waals surface area contributed by atoms with Gasteiger partial charge in [-0.15, -0.1) is 0 Å². The van der Waals surface area contributed by atoms with E-state index in [0.29, 0.717) is 5.69 Å². The van der Waals surface area contributed by atoms with Crippen LogP contribution in [0.3, 0.4) is 0 Å². The smallest absolute Gasteiger partial charge is 0.348 e. The van der Waals surface area contributed by atoms with E-state index in [-0.39, 0.29) is 5.41 Å². The number of halogens is 3. The van der Waals surface area contributed by atoms with Gasteiger partial charge in [0.2, 0.25) is 0 Å². The van der Waals surface area contributed by atoms with E-state index >= 15 is 0 Å². The molecule has 1 heterocycles. The van der Waals surface area contributed by atoms with Crippen molar-refractivity contribution in [3.8, 4) is 0 Å². The van der Waals surface area contributed by atoms with Gasteiger partial charge in [-0.25, -0.2) is 0 Å². The number of hydrogen-bond acceptors (Lipinski definition) is 1. The Labute approximate surface area is 98.5 Å². The second-order valence-corrected chi connectivity index (χ2v) is 4.86. The molecule has 0 bridgehead atoms. The lowest BCUT2D eigenvalue weighted by atomic mass is 9.84. The highest BCUT2D eigenvalue weighted by Gasteiger charge is 2.39. The molecule has 1 aromatic carbocycles. The van der Waals surface area contributed by atoms with Crippen LogP contribution in [-0.4, -0.2) is 7.05 Å². The van der Waals surface area contributed by atoms with E-state index < -0.39 is 11.7 Å². The number of hydrogen-bond donors (Lipinski definition) is 0. The Balaban J connectivity index is 2.61. The molecule has 1 nitrogen and oxygen atoms in total. The maximum absolute atomic E-state index is 12.6. The van der Waals surface area contributed by atoms with E-state index in [2.05, 4.69) is 6.58 Å². The maximum Gasteiger partial charge on any atom is 0.416 e. The fourth-order valence-corrected chi connectivity index (χ4v) is 2.23. The fraction of sp³-hybridized carbons (Fsp3) is 0.385. The number of alkyl halides is 3. The quantitative estimate of drug-likeness (QED) is 0.664. The molecule has 0 radical (unpaired) electrons. The average Bonchev–Trinajstić information content (AvgIpc) is 2.39. The predicted molar refractivity (Wildman–Crippen MR) is 62.0 cm³/mol. The van der Waals surface area contributed by atoms with Crippen LogP contribution in [0, 0.1) is 0 Å². The van der Waals surface area contributed by atoms with Crippen molar-refractivity contribution in [2.45, 2.75) is 25.4 Å². The number of fused-ring (bicyclic) bond motifs is 1. The van der Waals surface area contributed by atoms with E-state index in [1.165, 1.54) is 6.07 Å². The molecule has 0 aliphatic carbocycles. The van der Waals surface area contributed by atoms with E-state index in [4.69, 9.17) is 0 Å². The highest BCUT2D eigenvalue weighted by atomic mass is 19.4. The van der Waals surface area contributed by atoms with Crippen molar-refractivity contribution in [3.05, 3.63) is 41.6 Å². The number of nitrogens with zero attached hydrogens (tertiary/aromatic N) is 1. The lowest BCUT2D eigenvalue weighted by Gasteiger charge is -2.22. The molecular formula is C13H14F3N. The summed E-state index contributed by atoms with van der Waals surface area (Å²) < 4.78 is 37.9. The SMILES string of the molecule is C=C1N(C)c2cc(C(F)(F)F)ccc2C1(C)C. The van der Waals surface area contributed by atoms with Crippen molar-refractivity contribution >= 4 is 5.69 Å². The van der Waals surface area contributed by atoms with Crippen molar-refractivity contribution in [1.29, 1.82) is 0 Å². The number of likely N-dealkylation sites (N-methyl/N-ethyl adjacent to an activating group) is 1. The Hall–Kier alpha value is -1.45. The molecular weight excluding hydrogens is 227 g/mol. The summed E-state index contributed by atoms with van der Waals surface area (Å²) in [5.74, 6) is 0. The van der Waals surface area contributed by atoms with Crippen molar-refractivity contribution in [1.82, 2.24) is 0 Å². The maximum atomic E-state index is 12.6. The molecule has 0 unspecified atom stereocenters. The largest absolute Gasteiger partial charge is 0.416 e. The lowest BCUT2D eigenvalue weighted by molar-refractivity contribution is -0.137. The molecule has 0 spiro atoms. The molecule has 0 aromatic heterocycles. The van der Waals surface area contributed by atoms with Gasteiger partial charge in [0.05, 0.1) is 5.56 Å². The molecule has 0 N–H and O–H groups in total.